The van der Waals surface area contributed by atoms with Crippen molar-refractivity contribution in [2.24, 2.45) is 0 Å². The molecular formula is C20H20N2O4S. The number of phenolic OH excluding ortho intramolecular Hbond substituents is 1. The molecule has 0 aromatic heterocycles. The van der Waals surface area contributed by atoms with Crippen molar-refractivity contribution in [1.82, 2.24) is 10.6 Å². The molecule has 1 unspecified atom stereocenters. The first-order valence-electron chi connectivity index (χ1n) is 8.29. The molecule has 3 N–H and O–H groups in total. The molecule has 1 aliphatic heterocycles. The minimum absolute atomic E-state index is 0.100. The SMILES string of the molecule is COc1cc(C2NC(=S)NC(C)=C2C(=O)c2ccccc2)cc(OC)c1O. The lowest BCUT2D eigenvalue weighted by molar-refractivity contribution is 0.102. The highest BCUT2D eigenvalue weighted by Crippen LogP contribution is 2.41. The van der Waals surface area contributed by atoms with E-state index in [1.807, 2.05) is 25.1 Å². The number of aromatic hydroxyl groups is 1. The number of carbonyl (C=O) groups excluding carboxylic acids is 1. The minimum atomic E-state index is -0.519. The van der Waals surface area contributed by atoms with Gasteiger partial charge < -0.3 is 25.2 Å². The number of ketones is 1. The van der Waals surface area contributed by atoms with Crippen LogP contribution in [0.15, 0.2) is 53.7 Å². The van der Waals surface area contributed by atoms with Gasteiger partial charge in [-0.05, 0) is 36.8 Å². The molecule has 0 bridgehead atoms. The van der Waals surface area contributed by atoms with Crippen LogP contribution in [0.2, 0.25) is 0 Å². The first-order chi connectivity index (χ1) is 13.0. The fourth-order valence-electron chi connectivity index (χ4n) is 3.07. The van der Waals surface area contributed by atoms with Crippen LogP contribution in [0, 0.1) is 0 Å². The van der Waals surface area contributed by atoms with Crippen LogP contribution in [0.5, 0.6) is 17.2 Å². The van der Waals surface area contributed by atoms with Gasteiger partial charge in [0.1, 0.15) is 0 Å². The van der Waals surface area contributed by atoms with E-state index in [4.69, 9.17) is 21.7 Å². The van der Waals surface area contributed by atoms with E-state index in [2.05, 4.69) is 10.6 Å². The number of thiocarbonyl (C=S) groups is 1. The van der Waals surface area contributed by atoms with Gasteiger partial charge in [-0.1, -0.05) is 30.3 Å². The Morgan fingerprint density at radius 3 is 2.26 bits per heavy atom. The number of hydrogen-bond acceptors (Lipinski definition) is 5. The molecule has 2 aromatic carbocycles. The van der Waals surface area contributed by atoms with Crippen molar-refractivity contribution in [1.29, 1.82) is 0 Å². The van der Waals surface area contributed by atoms with Crippen molar-refractivity contribution < 1.29 is 19.4 Å². The summed E-state index contributed by atoms with van der Waals surface area (Å²) in [5, 5.41) is 16.7. The Balaban J connectivity index is 2.13. The number of hydrogen-bond donors (Lipinski definition) is 3. The van der Waals surface area contributed by atoms with E-state index in [0.717, 1.165) is 0 Å². The molecule has 1 atom stereocenters. The smallest absolute Gasteiger partial charge is 0.200 e. The molecule has 0 spiro atoms. The quantitative estimate of drug-likeness (QED) is 0.540. The van der Waals surface area contributed by atoms with Gasteiger partial charge >= 0.3 is 0 Å². The third kappa shape index (κ3) is 3.59. The number of phenols is 1. The van der Waals surface area contributed by atoms with Crippen LogP contribution in [0.25, 0.3) is 0 Å². The molecule has 1 heterocycles. The molecule has 0 radical (unpaired) electrons. The number of rotatable bonds is 5. The highest BCUT2D eigenvalue weighted by atomic mass is 32.1. The summed E-state index contributed by atoms with van der Waals surface area (Å²) in [7, 11) is 2.91. The number of nitrogens with one attached hydrogen (secondary N) is 2. The average molecular weight is 384 g/mol. The van der Waals surface area contributed by atoms with E-state index in [9.17, 15) is 9.90 Å². The van der Waals surface area contributed by atoms with Gasteiger partial charge in [-0.15, -0.1) is 0 Å². The molecular weight excluding hydrogens is 364 g/mol. The third-order valence-electron chi connectivity index (χ3n) is 4.39. The zero-order chi connectivity index (χ0) is 19.6. The standard InChI is InChI=1S/C20H20N2O4S/c1-11-16(18(23)12-7-5-4-6-8-12)17(22-20(27)21-11)13-9-14(25-2)19(24)15(10-13)26-3/h4-10,17,24H,1-3H3,(H2,21,22,27). The Morgan fingerprint density at radius 2 is 1.70 bits per heavy atom. The predicted octanol–water partition coefficient (Wildman–Crippen LogP) is 3.09. The molecule has 7 heteroatoms. The van der Waals surface area contributed by atoms with E-state index in [1.165, 1.54) is 14.2 Å². The fourth-order valence-corrected chi connectivity index (χ4v) is 3.34. The van der Waals surface area contributed by atoms with Crippen molar-refractivity contribution in [2.45, 2.75) is 13.0 Å². The Hall–Kier alpha value is -3.06. The Kier molecular flexibility index (Phi) is 5.32. The van der Waals surface area contributed by atoms with Crippen molar-refractivity contribution in [2.75, 3.05) is 14.2 Å². The number of ether oxygens (including phenoxy) is 2. The third-order valence-corrected chi connectivity index (χ3v) is 4.61. The summed E-state index contributed by atoms with van der Waals surface area (Å²) in [4.78, 5) is 13.2. The van der Waals surface area contributed by atoms with Crippen LogP contribution in [0.1, 0.15) is 28.9 Å². The molecule has 0 aliphatic carbocycles. The van der Waals surface area contributed by atoms with Gasteiger partial charge in [0.15, 0.2) is 22.4 Å². The molecule has 140 valence electrons. The first-order valence-corrected chi connectivity index (χ1v) is 8.70. The van der Waals surface area contributed by atoms with Crippen molar-refractivity contribution >= 4 is 23.1 Å². The minimum Gasteiger partial charge on any atom is -0.502 e. The van der Waals surface area contributed by atoms with Crippen LogP contribution in [-0.4, -0.2) is 30.2 Å². The number of Topliss-reactive ketones (excluding diaryl/α,β-unsaturated/α-hetero) is 1. The Morgan fingerprint density at radius 1 is 1.11 bits per heavy atom. The van der Waals surface area contributed by atoms with Gasteiger partial charge in [-0.2, -0.15) is 0 Å². The molecule has 6 nitrogen and oxygen atoms in total. The second-order valence-corrected chi connectivity index (χ2v) is 6.45. The van der Waals surface area contributed by atoms with Crippen molar-refractivity contribution in [3.05, 3.63) is 64.9 Å². The predicted molar refractivity (Wildman–Crippen MR) is 106 cm³/mol. The van der Waals surface area contributed by atoms with E-state index in [-0.39, 0.29) is 23.0 Å². The molecule has 27 heavy (non-hydrogen) atoms. The molecule has 0 fully saturated rings. The Labute approximate surface area is 162 Å². The summed E-state index contributed by atoms with van der Waals surface area (Å²) in [6.45, 7) is 1.81. The molecule has 0 saturated carbocycles. The zero-order valence-corrected chi connectivity index (χ0v) is 16.0. The summed E-state index contributed by atoms with van der Waals surface area (Å²) >= 11 is 5.28. The van der Waals surface area contributed by atoms with Crippen LogP contribution in [0.3, 0.4) is 0 Å². The highest BCUT2D eigenvalue weighted by Gasteiger charge is 2.31. The summed E-state index contributed by atoms with van der Waals surface area (Å²) in [6, 6.07) is 11.8. The number of carbonyl (C=O) groups is 1. The molecule has 0 amide bonds. The van der Waals surface area contributed by atoms with Gasteiger partial charge in [-0.25, -0.2) is 0 Å². The number of methoxy groups -OCH3 is 2. The maximum atomic E-state index is 13.2. The second kappa shape index (κ2) is 7.67. The maximum Gasteiger partial charge on any atom is 0.200 e. The maximum absolute atomic E-state index is 13.2. The normalized spacial score (nSPS) is 16.4. The number of benzene rings is 2. The molecule has 2 aromatic rings. The van der Waals surface area contributed by atoms with Crippen LogP contribution < -0.4 is 20.1 Å². The number of allylic oxidation sites excluding steroid dienone is 1. The topological polar surface area (TPSA) is 79.8 Å². The summed E-state index contributed by atoms with van der Waals surface area (Å²) in [5.41, 5.74) is 2.46. The summed E-state index contributed by atoms with van der Waals surface area (Å²) in [6.07, 6.45) is 0. The first kappa shape index (κ1) is 18.7. The highest BCUT2D eigenvalue weighted by molar-refractivity contribution is 7.80. The van der Waals surface area contributed by atoms with E-state index in [0.29, 0.717) is 27.5 Å². The van der Waals surface area contributed by atoms with Gasteiger partial charge in [0.25, 0.3) is 0 Å². The largest absolute Gasteiger partial charge is 0.502 e. The lowest BCUT2D eigenvalue weighted by Crippen LogP contribution is -2.44. The van der Waals surface area contributed by atoms with Crippen molar-refractivity contribution in [3.8, 4) is 17.2 Å². The van der Waals surface area contributed by atoms with Gasteiger partial charge in [-0.3, -0.25) is 4.79 Å². The lowest BCUT2D eigenvalue weighted by atomic mass is 9.89. The van der Waals surface area contributed by atoms with Gasteiger partial charge in [0, 0.05) is 16.8 Å². The Bertz CT molecular complexity index is 900. The van der Waals surface area contributed by atoms with E-state index >= 15 is 0 Å². The molecule has 1 aliphatic rings. The molecule has 0 saturated heterocycles. The summed E-state index contributed by atoms with van der Waals surface area (Å²) < 4.78 is 10.5. The lowest BCUT2D eigenvalue weighted by Gasteiger charge is -2.31. The van der Waals surface area contributed by atoms with Crippen molar-refractivity contribution in [3.63, 3.8) is 0 Å². The molecule has 3 rings (SSSR count). The monoisotopic (exact) mass is 384 g/mol. The fraction of sp³-hybridized carbons (Fsp3) is 0.200. The van der Waals surface area contributed by atoms with Crippen LogP contribution in [0.4, 0.5) is 0 Å². The zero-order valence-electron chi connectivity index (χ0n) is 15.2. The second-order valence-electron chi connectivity index (χ2n) is 6.04. The van der Waals surface area contributed by atoms with Crippen LogP contribution in [-0.2, 0) is 0 Å². The van der Waals surface area contributed by atoms with Gasteiger partial charge in [0.05, 0.1) is 20.3 Å². The summed E-state index contributed by atoms with van der Waals surface area (Å²) in [5.74, 6) is 0.281. The van der Waals surface area contributed by atoms with Crippen LogP contribution >= 0.6 is 12.2 Å². The van der Waals surface area contributed by atoms with Gasteiger partial charge in [0.2, 0.25) is 5.75 Å². The van der Waals surface area contributed by atoms with E-state index < -0.39 is 6.04 Å². The van der Waals surface area contributed by atoms with E-state index in [1.54, 1.807) is 24.3 Å². The average Bonchev–Trinajstić information content (AvgIpc) is 2.67.